The number of phenolic OH excluding ortho intramolecular Hbond substituents is 1. The minimum atomic E-state index is -0.316. The first-order chi connectivity index (χ1) is 16.7. The molecule has 0 radical (unpaired) electrons. The summed E-state index contributed by atoms with van der Waals surface area (Å²) in [4.78, 5) is 51.5. The number of hydrogen-bond acceptors (Lipinski definition) is 7. The average molecular weight is 472 g/mol. The Morgan fingerprint density at radius 2 is 1.71 bits per heavy atom. The SMILES string of the molecule is CC1=CC(C(=O)c2ccccc2O)=CN2CCc3c([nH]c4ccc(C)cc34)C12C.O=C=O.O=C=O. The smallest absolute Gasteiger partial charge is 0.373 e. The summed E-state index contributed by atoms with van der Waals surface area (Å²) in [5.41, 5.74) is 6.76. The number of phenols is 1. The molecule has 5 rings (SSSR count). The second-order valence-corrected chi connectivity index (χ2v) is 8.47. The van der Waals surface area contributed by atoms with Crippen molar-refractivity contribution in [3.63, 3.8) is 0 Å². The number of para-hydroxylation sites is 1. The standard InChI is InChI=1S/C25H24N2O2.2CO2/c1-15-8-9-21-20(12-15)18-10-11-27-14-17(13-16(2)25(27,3)24(18)26-21)23(29)19-6-4-5-7-22(19)28;2*2-1-3/h4-9,12-14,26,28H,10-11H2,1-3H3;;. The fraction of sp³-hybridized carbons (Fsp3) is 0.222. The number of carbonyl (C=O) groups is 1. The van der Waals surface area contributed by atoms with Gasteiger partial charge in [0.1, 0.15) is 5.75 Å². The van der Waals surface area contributed by atoms with E-state index in [1.54, 1.807) is 24.3 Å². The lowest BCUT2D eigenvalue weighted by Crippen LogP contribution is -2.48. The molecule has 35 heavy (non-hydrogen) atoms. The van der Waals surface area contributed by atoms with Crippen molar-refractivity contribution in [2.24, 2.45) is 0 Å². The molecule has 2 aliphatic rings. The van der Waals surface area contributed by atoms with Gasteiger partial charge in [0.05, 0.1) is 11.1 Å². The van der Waals surface area contributed by atoms with Gasteiger partial charge >= 0.3 is 12.3 Å². The molecule has 0 saturated carbocycles. The zero-order chi connectivity index (χ0) is 25.8. The molecule has 0 aliphatic carbocycles. The summed E-state index contributed by atoms with van der Waals surface area (Å²) in [6.45, 7) is 7.27. The fourth-order valence-corrected chi connectivity index (χ4v) is 4.78. The fourth-order valence-electron chi connectivity index (χ4n) is 4.78. The summed E-state index contributed by atoms with van der Waals surface area (Å²) >= 11 is 0. The van der Waals surface area contributed by atoms with Crippen LogP contribution >= 0.6 is 0 Å². The third kappa shape index (κ3) is 4.49. The Balaban J connectivity index is 0.000000520. The number of hydrogen-bond donors (Lipinski definition) is 2. The van der Waals surface area contributed by atoms with E-state index >= 15 is 0 Å². The highest BCUT2D eigenvalue weighted by molar-refractivity contribution is 6.12. The van der Waals surface area contributed by atoms with E-state index in [9.17, 15) is 9.90 Å². The van der Waals surface area contributed by atoms with Crippen molar-refractivity contribution in [3.05, 3.63) is 88.3 Å². The van der Waals surface area contributed by atoms with Gasteiger partial charge in [0.15, 0.2) is 5.78 Å². The van der Waals surface area contributed by atoms with Crippen molar-refractivity contribution >= 4 is 29.0 Å². The van der Waals surface area contributed by atoms with Crippen molar-refractivity contribution in [1.29, 1.82) is 0 Å². The van der Waals surface area contributed by atoms with E-state index in [2.05, 4.69) is 48.9 Å². The Morgan fingerprint density at radius 1 is 1.06 bits per heavy atom. The second-order valence-electron chi connectivity index (χ2n) is 8.47. The van der Waals surface area contributed by atoms with Crippen LogP contribution in [0.25, 0.3) is 10.9 Å². The number of allylic oxidation sites excluding steroid dienone is 2. The molecular formula is C27H24N2O6. The number of aromatic hydroxyl groups is 1. The predicted molar refractivity (Wildman–Crippen MR) is 125 cm³/mol. The van der Waals surface area contributed by atoms with Crippen LogP contribution in [0.1, 0.15) is 41.0 Å². The number of Topliss-reactive ketones (excluding diaryl/α,β-unsaturated/α-hetero) is 1. The highest BCUT2D eigenvalue weighted by Gasteiger charge is 2.43. The number of nitrogens with one attached hydrogen (secondary N) is 1. The molecule has 2 N–H and O–H groups in total. The molecule has 3 heterocycles. The molecule has 1 atom stereocenters. The molecule has 0 amide bonds. The van der Waals surface area contributed by atoms with Crippen molar-refractivity contribution in [1.82, 2.24) is 9.88 Å². The van der Waals surface area contributed by atoms with Crippen LogP contribution in [0.3, 0.4) is 0 Å². The van der Waals surface area contributed by atoms with Crippen molar-refractivity contribution in [3.8, 4) is 5.75 Å². The number of aromatic amines is 1. The molecule has 0 bridgehead atoms. The first-order valence-corrected chi connectivity index (χ1v) is 10.8. The first kappa shape index (κ1) is 25.1. The molecule has 2 aromatic carbocycles. The summed E-state index contributed by atoms with van der Waals surface area (Å²) in [5.74, 6) is -0.132. The topological polar surface area (TPSA) is 125 Å². The molecular weight excluding hydrogens is 448 g/mol. The van der Waals surface area contributed by atoms with Gasteiger partial charge in [0.2, 0.25) is 0 Å². The van der Waals surface area contributed by atoms with Crippen molar-refractivity contribution in [2.75, 3.05) is 6.54 Å². The van der Waals surface area contributed by atoms with Crippen LogP contribution in [-0.2, 0) is 31.1 Å². The molecule has 178 valence electrons. The van der Waals surface area contributed by atoms with Gasteiger partial charge in [-0.25, -0.2) is 0 Å². The monoisotopic (exact) mass is 472 g/mol. The first-order valence-electron chi connectivity index (χ1n) is 10.8. The Bertz CT molecular complexity index is 1410. The summed E-state index contributed by atoms with van der Waals surface area (Å²) < 4.78 is 0. The van der Waals surface area contributed by atoms with Gasteiger partial charge < -0.3 is 15.0 Å². The van der Waals surface area contributed by atoms with Crippen molar-refractivity contribution in [2.45, 2.75) is 32.7 Å². The lowest BCUT2D eigenvalue weighted by molar-refractivity contribution is -0.193. The maximum absolute atomic E-state index is 13.1. The number of nitrogens with zero attached hydrogens (tertiary/aromatic N) is 1. The number of aromatic nitrogens is 1. The zero-order valence-corrected chi connectivity index (χ0v) is 19.5. The van der Waals surface area contributed by atoms with Gasteiger partial charge in [-0.2, -0.15) is 19.2 Å². The van der Waals surface area contributed by atoms with E-state index in [4.69, 9.17) is 19.2 Å². The van der Waals surface area contributed by atoms with E-state index < -0.39 is 0 Å². The minimum Gasteiger partial charge on any atom is -0.507 e. The number of ketones is 1. The van der Waals surface area contributed by atoms with E-state index in [0.717, 1.165) is 24.1 Å². The van der Waals surface area contributed by atoms with Crippen LogP contribution in [0.5, 0.6) is 5.75 Å². The Labute approximate surface area is 201 Å². The van der Waals surface area contributed by atoms with Gasteiger partial charge in [-0.15, -0.1) is 0 Å². The minimum absolute atomic E-state index is 0.0182. The molecule has 3 aromatic rings. The quantitative estimate of drug-likeness (QED) is 0.543. The molecule has 1 unspecified atom stereocenters. The van der Waals surface area contributed by atoms with Crippen LogP contribution in [0.15, 0.2) is 65.9 Å². The lowest BCUT2D eigenvalue weighted by Gasteiger charge is -2.47. The maximum Gasteiger partial charge on any atom is 0.373 e. The van der Waals surface area contributed by atoms with Crippen LogP contribution in [0.4, 0.5) is 0 Å². The molecule has 8 heteroatoms. The third-order valence-electron chi connectivity index (χ3n) is 6.57. The van der Waals surface area contributed by atoms with Gasteiger partial charge in [-0.1, -0.05) is 23.8 Å². The van der Waals surface area contributed by atoms with Gasteiger partial charge in [0, 0.05) is 34.9 Å². The summed E-state index contributed by atoms with van der Waals surface area (Å²) in [5, 5.41) is 11.4. The highest BCUT2D eigenvalue weighted by atomic mass is 16.3. The predicted octanol–water partition coefficient (Wildman–Crippen LogP) is 3.81. The average Bonchev–Trinajstić information content (AvgIpc) is 3.20. The third-order valence-corrected chi connectivity index (χ3v) is 6.57. The number of rotatable bonds is 2. The van der Waals surface area contributed by atoms with E-state index in [1.807, 2.05) is 12.3 Å². The van der Waals surface area contributed by atoms with Gasteiger partial charge in [-0.05, 0) is 68.7 Å². The summed E-state index contributed by atoms with van der Waals surface area (Å²) in [6, 6.07) is 13.3. The Morgan fingerprint density at radius 3 is 2.37 bits per heavy atom. The normalized spacial score (nSPS) is 17.6. The second kappa shape index (κ2) is 10.2. The molecule has 0 saturated heterocycles. The summed E-state index contributed by atoms with van der Waals surface area (Å²) in [7, 11) is 0. The Kier molecular flexibility index (Phi) is 7.31. The van der Waals surface area contributed by atoms with Gasteiger partial charge in [0.25, 0.3) is 0 Å². The number of fused-ring (bicyclic) bond motifs is 5. The Hall–Kier alpha value is -4.51. The van der Waals surface area contributed by atoms with E-state index in [1.165, 1.54) is 22.2 Å². The number of carbonyl (C=O) groups excluding carboxylic acids is 5. The zero-order valence-electron chi connectivity index (χ0n) is 19.5. The van der Waals surface area contributed by atoms with Crippen LogP contribution in [0.2, 0.25) is 0 Å². The summed E-state index contributed by atoms with van der Waals surface area (Å²) in [6.07, 6.45) is 5.36. The van der Waals surface area contributed by atoms with Crippen molar-refractivity contribution < 1.29 is 29.1 Å². The number of H-pyrrole nitrogens is 1. The van der Waals surface area contributed by atoms with Crippen LogP contribution in [-0.4, -0.2) is 39.6 Å². The largest absolute Gasteiger partial charge is 0.507 e. The molecule has 0 spiro atoms. The van der Waals surface area contributed by atoms with Crippen LogP contribution < -0.4 is 0 Å². The number of benzene rings is 2. The number of aryl methyl sites for hydroxylation is 1. The van der Waals surface area contributed by atoms with Gasteiger partial charge in [-0.3, -0.25) is 4.79 Å². The van der Waals surface area contributed by atoms with E-state index in [0.29, 0.717) is 11.1 Å². The van der Waals surface area contributed by atoms with Crippen LogP contribution in [0, 0.1) is 6.92 Å². The van der Waals surface area contributed by atoms with E-state index in [-0.39, 0.29) is 29.4 Å². The molecule has 1 aromatic heterocycles. The maximum atomic E-state index is 13.1. The lowest BCUT2D eigenvalue weighted by atomic mass is 9.78. The molecule has 2 aliphatic heterocycles. The highest BCUT2D eigenvalue weighted by Crippen LogP contribution is 2.46. The molecule has 0 fully saturated rings. The molecule has 8 nitrogen and oxygen atoms in total.